The van der Waals surface area contributed by atoms with Gasteiger partial charge in [0.25, 0.3) is 0 Å². The van der Waals surface area contributed by atoms with Crippen LogP contribution in [0.2, 0.25) is 0 Å². The molecule has 1 saturated heterocycles. The third-order valence-corrected chi connectivity index (χ3v) is 5.61. The highest BCUT2D eigenvalue weighted by molar-refractivity contribution is 5.91. The first-order valence-corrected chi connectivity index (χ1v) is 10.8. The van der Waals surface area contributed by atoms with E-state index in [0.717, 1.165) is 25.7 Å². The third-order valence-electron chi connectivity index (χ3n) is 5.61. The van der Waals surface area contributed by atoms with E-state index < -0.39 is 23.3 Å². The SMILES string of the molecule is CC(C)(C)[C@H](NC(=O)[C@H](CCCc1ccccc1)CC(=O)NO)C(=O)N1CCCC1. The Kier molecular flexibility index (Phi) is 8.84. The molecule has 0 spiro atoms. The molecule has 1 fully saturated rings. The van der Waals surface area contributed by atoms with E-state index in [0.29, 0.717) is 19.5 Å². The van der Waals surface area contributed by atoms with Crippen molar-refractivity contribution in [3.63, 3.8) is 0 Å². The minimum Gasteiger partial charge on any atom is -0.344 e. The number of carbonyl (C=O) groups excluding carboxylic acids is 3. The first kappa shape index (κ1) is 23.9. The fourth-order valence-electron chi connectivity index (χ4n) is 3.82. The van der Waals surface area contributed by atoms with Crippen LogP contribution in [0.15, 0.2) is 30.3 Å². The van der Waals surface area contributed by atoms with Gasteiger partial charge in [-0.2, -0.15) is 0 Å². The van der Waals surface area contributed by atoms with Gasteiger partial charge in [0.05, 0.1) is 0 Å². The van der Waals surface area contributed by atoms with Crippen LogP contribution >= 0.6 is 0 Å². The molecule has 1 aliphatic heterocycles. The highest BCUT2D eigenvalue weighted by Crippen LogP contribution is 2.24. The number of nitrogens with zero attached hydrogens (tertiary/aromatic N) is 1. The molecule has 166 valence electrons. The fourth-order valence-corrected chi connectivity index (χ4v) is 3.82. The summed E-state index contributed by atoms with van der Waals surface area (Å²) in [6.07, 6.45) is 3.85. The molecule has 0 radical (unpaired) electrons. The first-order chi connectivity index (χ1) is 14.2. The van der Waals surface area contributed by atoms with Crippen LogP contribution in [0, 0.1) is 11.3 Å². The van der Waals surface area contributed by atoms with E-state index in [4.69, 9.17) is 5.21 Å². The Morgan fingerprint density at radius 1 is 1.10 bits per heavy atom. The number of amides is 3. The van der Waals surface area contributed by atoms with Gasteiger partial charge in [-0.05, 0) is 43.1 Å². The molecule has 2 rings (SSSR count). The maximum Gasteiger partial charge on any atom is 0.245 e. The smallest absolute Gasteiger partial charge is 0.245 e. The largest absolute Gasteiger partial charge is 0.344 e. The fraction of sp³-hybridized carbons (Fsp3) is 0.609. The number of hydrogen-bond donors (Lipinski definition) is 3. The minimum absolute atomic E-state index is 0.0667. The zero-order chi connectivity index (χ0) is 22.1. The van der Waals surface area contributed by atoms with Gasteiger partial charge >= 0.3 is 0 Å². The summed E-state index contributed by atoms with van der Waals surface area (Å²) < 4.78 is 0. The number of nitrogens with one attached hydrogen (secondary N) is 2. The van der Waals surface area contributed by atoms with E-state index in [1.165, 1.54) is 5.56 Å². The second-order valence-corrected chi connectivity index (χ2v) is 9.15. The Labute approximate surface area is 179 Å². The van der Waals surface area contributed by atoms with Gasteiger partial charge in [0.2, 0.25) is 17.7 Å². The maximum atomic E-state index is 13.1. The highest BCUT2D eigenvalue weighted by Gasteiger charge is 2.37. The minimum atomic E-state index is -0.656. The average molecular weight is 418 g/mol. The molecule has 1 aromatic rings. The van der Waals surface area contributed by atoms with Crippen LogP contribution in [0.1, 0.15) is 58.4 Å². The Balaban J connectivity index is 2.05. The summed E-state index contributed by atoms with van der Waals surface area (Å²) >= 11 is 0. The van der Waals surface area contributed by atoms with E-state index in [2.05, 4.69) is 5.32 Å². The number of rotatable bonds is 9. The Morgan fingerprint density at radius 3 is 2.30 bits per heavy atom. The Morgan fingerprint density at radius 2 is 1.73 bits per heavy atom. The molecular weight excluding hydrogens is 382 g/mol. The van der Waals surface area contributed by atoms with Crippen molar-refractivity contribution in [3.05, 3.63) is 35.9 Å². The molecule has 2 atom stereocenters. The molecule has 0 aliphatic carbocycles. The first-order valence-electron chi connectivity index (χ1n) is 10.8. The van der Waals surface area contributed by atoms with Crippen molar-refractivity contribution < 1.29 is 19.6 Å². The van der Waals surface area contributed by atoms with Gasteiger partial charge in [0.15, 0.2) is 0 Å². The van der Waals surface area contributed by atoms with Crippen LogP contribution in [-0.2, 0) is 20.8 Å². The van der Waals surface area contributed by atoms with Gasteiger partial charge in [0.1, 0.15) is 6.04 Å². The average Bonchev–Trinajstić information content (AvgIpc) is 3.25. The Bertz CT molecular complexity index is 709. The normalized spacial score (nSPS) is 16.1. The number of aryl methyl sites for hydroxylation is 1. The number of carbonyl (C=O) groups is 3. The standard InChI is InChI=1S/C23H35N3O4/c1-23(2,3)20(22(29)26-14-7-8-15-26)24-21(28)18(16-19(27)25-30)13-9-12-17-10-5-4-6-11-17/h4-6,10-11,18,20,30H,7-9,12-16H2,1-3H3,(H,24,28)(H,25,27)/t18-,20-/m1/s1. The van der Waals surface area contributed by atoms with Gasteiger partial charge in [-0.15, -0.1) is 0 Å². The summed E-state index contributed by atoms with van der Waals surface area (Å²) in [6, 6.07) is 9.29. The molecule has 7 heteroatoms. The van der Waals surface area contributed by atoms with Crippen LogP contribution in [0.3, 0.4) is 0 Å². The number of hydrogen-bond acceptors (Lipinski definition) is 4. The topological polar surface area (TPSA) is 98.7 Å². The lowest BCUT2D eigenvalue weighted by molar-refractivity contribution is -0.141. The van der Waals surface area contributed by atoms with E-state index in [9.17, 15) is 14.4 Å². The summed E-state index contributed by atoms with van der Waals surface area (Å²) in [6.45, 7) is 7.22. The summed E-state index contributed by atoms with van der Waals surface area (Å²) in [5, 5.41) is 11.8. The molecule has 0 unspecified atom stereocenters. The number of likely N-dealkylation sites (tertiary alicyclic amines) is 1. The van der Waals surface area contributed by atoms with Crippen LogP contribution in [0.5, 0.6) is 0 Å². The van der Waals surface area contributed by atoms with E-state index in [1.54, 1.807) is 10.4 Å². The number of benzene rings is 1. The molecule has 0 aromatic heterocycles. The van der Waals surface area contributed by atoms with Crippen LogP contribution in [0.25, 0.3) is 0 Å². The van der Waals surface area contributed by atoms with Crippen LogP contribution in [-0.4, -0.2) is 47.0 Å². The molecule has 1 heterocycles. The van der Waals surface area contributed by atoms with Crippen molar-refractivity contribution in [2.24, 2.45) is 11.3 Å². The van der Waals surface area contributed by atoms with E-state index in [-0.39, 0.29) is 18.2 Å². The molecule has 0 bridgehead atoms. The lowest BCUT2D eigenvalue weighted by Crippen LogP contribution is -2.55. The second-order valence-electron chi connectivity index (χ2n) is 9.15. The van der Waals surface area contributed by atoms with Crippen molar-refractivity contribution in [3.8, 4) is 0 Å². The summed E-state index contributed by atoms with van der Waals surface area (Å²) in [4.78, 5) is 39.7. The molecular formula is C23H35N3O4. The zero-order valence-corrected chi connectivity index (χ0v) is 18.3. The predicted octanol–water partition coefficient (Wildman–Crippen LogP) is 2.67. The van der Waals surface area contributed by atoms with Gasteiger partial charge in [-0.1, -0.05) is 51.1 Å². The highest BCUT2D eigenvalue weighted by atomic mass is 16.5. The lowest BCUT2D eigenvalue weighted by atomic mass is 9.85. The van der Waals surface area contributed by atoms with Gasteiger partial charge in [-0.25, -0.2) is 5.48 Å². The molecule has 0 saturated carbocycles. The maximum absolute atomic E-state index is 13.1. The Hall–Kier alpha value is -2.41. The van der Waals surface area contributed by atoms with Crippen molar-refractivity contribution in [2.75, 3.05) is 13.1 Å². The van der Waals surface area contributed by atoms with E-state index in [1.807, 2.05) is 51.1 Å². The predicted molar refractivity (Wildman–Crippen MR) is 115 cm³/mol. The monoisotopic (exact) mass is 417 g/mol. The quantitative estimate of drug-likeness (QED) is 0.425. The third kappa shape index (κ3) is 7.13. The van der Waals surface area contributed by atoms with Crippen LogP contribution in [0.4, 0.5) is 0 Å². The molecule has 30 heavy (non-hydrogen) atoms. The van der Waals surface area contributed by atoms with E-state index >= 15 is 0 Å². The van der Waals surface area contributed by atoms with Gasteiger partial charge in [0, 0.05) is 25.4 Å². The molecule has 7 nitrogen and oxygen atoms in total. The summed E-state index contributed by atoms with van der Waals surface area (Å²) in [7, 11) is 0. The van der Waals surface area contributed by atoms with Crippen molar-refractivity contribution in [1.82, 2.24) is 15.7 Å². The molecule has 1 aromatic carbocycles. The second kappa shape index (κ2) is 11.1. The number of hydroxylamine groups is 1. The molecule has 1 aliphatic rings. The van der Waals surface area contributed by atoms with Crippen molar-refractivity contribution in [2.45, 2.75) is 65.3 Å². The van der Waals surface area contributed by atoms with Crippen molar-refractivity contribution >= 4 is 17.7 Å². The van der Waals surface area contributed by atoms with Crippen molar-refractivity contribution in [1.29, 1.82) is 0 Å². The lowest BCUT2D eigenvalue weighted by Gasteiger charge is -2.34. The summed E-state index contributed by atoms with van der Waals surface area (Å²) in [5.74, 6) is -1.60. The summed E-state index contributed by atoms with van der Waals surface area (Å²) in [5.41, 5.74) is 2.33. The molecule has 3 amide bonds. The van der Waals surface area contributed by atoms with Gasteiger partial charge in [-0.3, -0.25) is 19.6 Å². The zero-order valence-electron chi connectivity index (χ0n) is 18.3. The van der Waals surface area contributed by atoms with Crippen LogP contribution < -0.4 is 10.8 Å². The van der Waals surface area contributed by atoms with Gasteiger partial charge < -0.3 is 10.2 Å². The molecule has 3 N–H and O–H groups in total.